The third-order valence-electron chi connectivity index (χ3n) is 3.26. The van der Waals surface area contributed by atoms with Crippen molar-refractivity contribution < 1.29 is 4.79 Å². The third kappa shape index (κ3) is 2.86. The molecule has 5 heteroatoms. The van der Waals surface area contributed by atoms with E-state index in [4.69, 9.17) is 0 Å². The van der Waals surface area contributed by atoms with Crippen LogP contribution in [0.15, 0.2) is 0 Å². The van der Waals surface area contributed by atoms with Gasteiger partial charge in [-0.15, -0.1) is 0 Å². The Morgan fingerprint density at radius 3 is 2.50 bits per heavy atom. The van der Waals surface area contributed by atoms with Gasteiger partial charge in [0.15, 0.2) is 0 Å². The lowest BCUT2D eigenvalue weighted by atomic mass is 10.1. The van der Waals surface area contributed by atoms with Gasteiger partial charge in [0.05, 0.1) is 0 Å². The molecule has 2 atom stereocenters. The molecule has 5 nitrogen and oxygen atoms in total. The Morgan fingerprint density at radius 1 is 1.25 bits per heavy atom. The van der Waals surface area contributed by atoms with Gasteiger partial charge in [0.1, 0.15) is 0 Å². The summed E-state index contributed by atoms with van der Waals surface area (Å²) < 4.78 is 0. The maximum Gasteiger partial charge on any atom is 0.317 e. The van der Waals surface area contributed by atoms with E-state index in [1.54, 1.807) is 0 Å². The van der Waals surface area contributed by atoms with Crippen molar-refractivity contribution in [3.63, 3.8) is 0 Å². The lowest BCUT2D eigenvalue weighted by molar-refractivity contribution is 0.156. The first-order valence-corrected chi connectivity index (χ1v) is 6.16. The van der Waals surface area contributed by atoms with Gasteiger partial charge < -0.3 is 15.5 Å². The molecule has 2 heterocycles. The molecule has 2 rings (SSSR count). The maximum absolute atomic E-state index is 11.4. The Hall–Kier alpha value is -0.810. The van der Waals surface area contributed by atoms with E-state index in [1.807, 2.05) is 4.90 Å². The van der Waals surface area contributed by atoms with Crippen LogP contribution in [-0.2, 0) is 0 Å². The molecule has 2 fully saturated rings. The molecule has 2 aliphatic rings. The molecule has 2 aliphatic heterocycles. The SMILES string of the molecule is CC1CN(CCN2CCNC2=O)CC(C)N1. The third-order valence-corrected chi connectivity index (χ3v) is 3.26. The van der Waals surface area contributed by atoms with E-state index < -0.39 is 0 Å². The number of nitrogens with one attached hydrogen (secondary N) is 2. The number of carbonyl (C=O) groups excluding carboxylic acids is 1. The highest BCUT2D eigenvalue weighted by Gasteiger charge is 2.23. The van der Waals surface area contributed by atoms with Crippen molar-refractivity contribution in [1.82, 2.24) is 20.4 Å². The number of hydrogen-bond acceptors (Lipinski definition) is 3. The first-order valence-electron chi connectivity index (χ1n) is 6.16. The van der Waals surface area contributed by atoms with Crippen LogP contribution in [0, 0.1) is 0 Å². The highest BCUT2D eigenvalue weighted by molar-refractivity contribution is 5.76. The van der Waals surface area contributed by atoms with Crippen LogP contribution in [0.25, 0.3) is 0 Å². The van der Waals surface area contributed by atoms with Gasteiger partial charge in [-0.25, -0.2) is 4.79 Å². The van der Waals surface area contributed by atoms with Gasteiger partial charge in [0.2, 0.25) is 0 Å². The molecule has 0 spiro atoms. The molecule has 0 aromatic rings. The summed E-state index contributed by atoms with van der Waals surface area (Å²) in [6, 6.07) is 1.20. The summed E-state index contributed by atoms with van der Waals surface area (Å²) in [7, 11) is 0. The van der Waals surface area contributed by atoms with Crippen LogP contribution in [0.1, 0.15) is 13.8 Å². The maximum atomic E-state index is 11.4. The molecule has 0 aromatic heterocycles. The zero-order chi connectivity index (χ0) is 11.5. The Morgan fingerprint density at radius 2 is 1.94 bits per heavy atom. The summed E-state index contributed by atoms with van der Waals surface area (Å²) in [5.74, 6) is 0. The fourth-order valence-electron chi connectivity index (χ4n) is 2.61. The quantitative estimate of drug-likeness (QED) is 0.694. The van der Waals surface area contributed by atoms with Crippen molar-refractivity contribution in [1.29, 1.82) is 0 Å². The average Bonchev–Trinajstić information content (AvgIpc) is 2.59. The highest BCUT2D eigenvalue weighted by atomic mass is 16.2. The number of urea groups is 1. The van der Waals surface area contributed by atoms with Crippen LogP contribution in [0.2, 0.25) is 0 Å². The van der Waals surface area contributed by atoms with E-state index >= 15 is 0 Å². The number of hydrogen-bond donors (Lipinski definition) is 2. The highest BCUT2D eigenvalue weighted by Crippen LogP contribution is 2.05. The summed E-state index contributed by atoms with van der Waals surface area (Å²) in [5, 5.41) is 6.34. The number of rotatable bonds is 3. The van der Waals surface area contributed by atoms with Crippen molar-refractivity contribution in [2.24, 2.45) is 0 Å². The number of piperazine rings is 1. The van der Waals surface area contributed by atoms with E-state index in [0.717, 1.165) is 39.3 Å². The van der Waals surface area contributed by atoms with Crippen LogP contribution in [-0.4, -0.2) is 67.2 Å². The fraction of sp³-hybridized carbons (Fsp3) is 0.909. The van der Waals surface area contributed by atoms with Gasteiger partial charge in [-0.3, -0.25) is 4.90 Å². The minimum absolute atomic E-state index is 0.0937. The molecule has 0 radical (unpaired) electrons. The van der Waals surface area contributed by atoms with Gasteiger partial charge in [-0.1, -0.05) is 0 Å². The number of carbonyl (C=O) groups is 1. The molecule has 2 saturated heterocycles. The Balaban J connectivity index is 1.74. The summed E-state index contributed by atoms with van der Waals surface area (Å²) in [5.41, 5.74) is 0. The van der Waals surface area contributed by atoms with E-state index in [-0.39, 0.29) is 6.03 Å². The smallest absolute Gasteiger partial charge is 0.317 e. The van der Waals surface area contributed by atoms with Gasteiger partial charge in [0, 0.05) is 51.4 Å². The Labute approximate surface area is 97.2 Å². The van der Waals surface area contributed by atoms with E-state index in [2.05, 4.69) is 29.4 Å². The monoisotopic (exact) mass is 226 g/mol. The molecule has 2 N–H and O–H groups in total. The van der Waals surface area contributed by atoms with Gasteiger partial charge in [-0.2, -0.15) is 0 Å². The fourth-order valence-corrected chi connectivity index (χ4v) is 2.61. The van der Waals surface area contributed by atoms with Crippen molar-refractivity contribution >= 4 is 6.03 Å². The minimum Gasteiger partial charge on any atom is -0.336 e. The lowest BCUT2D eigenvalue weighted by Gasteiger charge is -2.36. The topological polar surface area (TPSA) is 47.6 Å². The first-order chi connectivity index (χ1) is 7.65. The molecule has 0 saturated carbocycles. The number of amides is 2. The second kappa shape index (κ2) is 5.01. The van der Waals surface area contributed by atoms with E-state index in [0.29, 0.717) is 12.1 Å². The molecule has 92 valence electrons. The summed E-state index contributed by atoms with van der Waals surface area (Å²) in [4.78, 5) is 15.7. The van der Waals surface area contributed by atoms with Crippen LogP contribution >= 0.6 is 0 Å². The molecule has 0 bridgehead atoms. The summed E-state index contributed by atoms with van der Waals surface area (Å²) in [6.07, 6.45) is 0. The van der Waals surface area contributed by atoms with Gasteiger partial charge in [-0.05, 0) is 13.8 Å². The van der Waals surface area contributed by atoms with Crippen molar-refractivity contribution in [2.75, 3.05) is 39.3 Å². The molecular formula is C11H22N4O. The van der Waals surface area contributed by atoms with E-state index in [9.17, 15) is 4.79 Å². The molecule has 16 heavy (non-hydrogen) atoms. The normalized spacial score (nSPS) is 31.9. The summed E-state index contributed by atoms with van der Waals surface area (Å²) >= 11 is 0. The van der Waals surface area contributed by atoms with Gasteiger partial charge in [0.25, 0.3) is 0 Å². The molecule has 2 amide bonds. The van der Waals surface area contributed by atoms with Crippen LogP contribution < -0.4 is 10.6 Å². The average molecular weight is 226 g/mol. The van der Waals surface area contributed by atoms with Crippen LogP contribution in [0.4, 0.5) is 4.79 Å². The van der Waals surface area contributed by atoms with Crippen LogP contribution in [0.3, 0.4) is 0 Å². The Kier molecular flexibility index (Phi) is 3.66. The molecular weight excluding hydrogens is 204 g/mol. The van der Waals surface area contributed by atoms with Gasteiger partial charge >= 0.3 is 6.03 Å². The van der Waals surface area contributed by atoms with Crippen LogP contribution in [0.5, 0.6) is 0 Å². The standard InChI is InChI=1S/C11H22N4O/c1-9-7-14(8-10(2)13-9)5-6-15-4-3-12-11(15)16/h9-10,13H,3-8H2,1-2H3,(H,12,16). The number of nitrogens with zero attached hydrogens (tertiary/aromatic N) is 2. The predicted molar refractivity (Wildman–Crippen MR) is 63.5 cm³/mol. The molecule has 2 unspecified atom stereocenters. The second-order valence-electron chi connectivity index (χ2n) is 4.95. The molecule has 0 aliphatic carbocycles. The predicted octanol–water partition coefficient (Wildman–Crippen LogP) is -0.306. The van der Waals surface area contributed by atoms with Crippen molar-refractivity contribution in [2.45, 2.75) is 25.9 Å². The summed E-state index contributed by atoms with van der Waals surface area (Å²) in [6.45, 7) is 10.1. The molecule has 0 aromatic carbocycles. The lowest BCUT2D eigenvalue weighted by Crippen LogP contribution is -2.55. The Bertz CT molecular complexity index is 248. The van der Waals surface area contributed by atoms with Crippen molar-refractivity contribution in [3.05, 3.63) is 0 Å². The van der Waals surface area contributed by atoms with E-state index in [1.165, 1.54) is 0 Å². The largest absolute Gasteiger partial charge is 0.336 e. The zero-order valence-electron chi connectivity index (χ0n) is 10.2. The first kappa shape index (κ1) is 11.7. The van der Waals surface area contributed by atoms with Crippen molar-refractivity contribution in [3.8, 4) is 0 Å². The minimum atomic E-state index is 0.0937. The zero-order valence-corrected chi connectivity index (χ0v) is 10.2. The second-order valence-corrected chi connectivity index (χ2v) is 4.95.